The number of nitrogens with zero attached hydrogens (tertiary/aromatic N) is 1. The van der Waals surface area contributed by atoms with Crippen LogP contribution in [-0.2, 0) is 10.2 Å². The summed E-state index contributed by atoms with van der Waals surface area (Å²) >= 11 is 0. The Balaban J connectivity index is 1.83. The Morgan fingerprint density at radius 3 is 2.18 bits per heavy atom. The van der Waals surface area contributed by atoms with Gasteiger partial charge in [0.2, 0.25) is 11.5 Å². The first-order valence-electron chi connectivity index (χ1n) is 11.1. The van der Waals surface area contributed by atoms with E-state index in [-0.39, 0.29) is 29.3 Å². The van der Waals surface area contributed by atoms with Crippen LogP contribution in [0.3, 0.4) is 0 Å². The molecule has 0 aliphatic carbocycles. The molecule has 1 unspecified atom stereocenters. The van der Waals surface area contributed by atoms with Gasteiger partial charge in [0.25, 0.3) is 5.91 Å². The summed E-state index contributed by atoms with van der Waals surface area (Å²) in [4.78, 5) is 41.6. The predicted molar refractivity (Wildman–Crippen MR) is 134 cm³/mol. The van der Waals surface area contributed by atoms with Crippen LogP contribution in [0, 0.1) is 0 Å². The fourth-order valence-corrected chi connectivity index (χ4v) is 3.58. The van der Waals surface area contributed by atoms with Gasteiger partial charge in [-0.3, -0.25) is 14.4 Å². The van der Waals surface area contributed by atoms with Gasteiger partial charge in [-0.1, -0.05) is 45.0 Å². The highest BCUT2D eigenvalue weighted by molar-refractivity contribution is 5.97. The molecule has 7 heteroatoms. The van der Waals surface area contributed by atoms with Gasteiger partial charge in [-0.05, 0) is 46.9 Å². The maximum atomic E-state index is 13.4. The Morgan fingerprint density at radius 2 is 1.65 bits per heavy atom. The summed E-state index contributed by atoms with van der Waals surface area (Å²) in [5.41, 5.74) is 2.68. The van der Waals surface area contributed by atoms with Gasteiger partial charge in [0.05, 0.1) is 18.6 Å². The van der Waals surface area contributed by atoms with E-state index in [1.165, 1.54) is 28.8 Å². The number of aromatic nitrogens is 1. The number of carbonyl (C=O) groups excluding carboxylic acids is 2. The summed E-state index contributed by atoms with van der Waals surface area (Å²) in [6.07, 6.45) is 1.38. The lowest BCUT2D eigenvalue weighted by Gasteiger charge is -2.25. The summed E-state index contributed by atoms with van der Waals surface area (Å²) in [6, 6.07) is 17.8. The first-order valence-corrected chi connectivity index (χ1v) is 11.1. The monoisotopic (exact) mass is 461 g/mol. The predicted octanol–water partition coefficient (Wildman–Crippen LogP) is 4.18. The molecule has 7 nitrogen and oxygen atoms in total. The molecule has 0 aliphatic rings. The number of carbonyl (C=O) groups is 2. The largest absolute Gasteiger partial charge is 0.497 e. The molecule has 0 fully saturated rings. The standard InChI is InChI=1S/C27H31N3O4/c1-27(2,3)20-9-11-21(12-10-20)29-25(32)23(18-6-13-22(34-5)14-7-18)17-30(4)26(33)19-8-15-24(31)28-16-19/h6-16,23H,17H2,1-5H3,(H,28,31)(H,29,32). The molecule has 0 aliphatic heterocycles. The van der Waals surface area contributed by atoms with E-state index in [4.69, 9.17) is 4.74 Å². The van der Waals surface area contributed by atoms with E-state index < -0.39 is 5.92 Å². The third-order valence-electron chi connectivity index (χ3n) is 5.69. The maximum absolute atomic E-state index is 13.4. The third kappa shape index (κ3) is 6.13. The molecule has 0 saturated heterocycles. The number of hydrogen-bond donors (Lipinski definition) is 2. The van der Waals surface area contributed by atoms with Crippen molar-refractivity contribution >= 4 is 17.5 Å². The number of rotatable bonds is 7. The second-order valence-corrected chi connectivity index (χ2v) is 9.27. The fraction of sp³-hybridized carbons (Fsp3) is 0.296. The van der Waals surface area contributed by atoms with Gasteiger partial charge in [-0.25, -0.2) is 0 Å². The molecule has 1 atom stereocenters. The molecule has 178 valence electrons. The van der Waals surface area contributed by atoms with E-state index in [1.54, 1.807) is 26.3 Å². The molecule has 34 heavy (non-hydrogen) atoms. The fourth-order valence-electron chi connectivity index (χ4n) is 3.58. The smallest absolute Gasteiger partial charge is 0.255 e. The van der Waals surface area contributed by atoms with Crippen LogP contribution in [0.1, 0.15) is 48.2 Å². The summed E-state index contributed by atoms with van der Waals surface area (Å²) in [5.74, 6) is -0.463. The highest BCUT2D eigenvalue weighted by Gasteiger charge is 2.25. The quantitative estimate of drug-likeness (QED) is 0.552. The third-order valence-corrected chi connectivity index (χ3v) is 5.69. The lowest BCUT2D eigenvalue weighted by atomic mass is 9.87. The number of pyridine rings is 1. The molecule has 0 bridgehead atoms. The highest BCUT2D eigenvalue weighted by atomic mass is 16.5. The summed E-state index contributed by atoms with van der Waals surface area (Å²) in [7, 11) is 3.21. The zero-order valence-corrected chi connectivity index (χ0v) is 20.2. The van der Waals surface area contributed by atoms with Gasteiger partial charge >= 0.3 is 0 Å². The Hall–Kier alpha value is -3.87. The van der Waals surface area contributed by atoms with Crippen molar-refractivity contribution in [3.8, 4) is 5.75 Å². The van der Waals surface area contributed by atoms with Crippen molar-refractivity contribution in [3.63, 3.8) is 0 Å². The first kappa shape index (κ1) is 24.8. The lowest BCUT2D eigenvalue weighted by Crippen LogP contribution is -2.36. The molecule has 1 heterocycles. The topological polar surface area (TPSA) is 91.5 Å². The van der Waals surface area contributed by atoms with Crippen molar-refractivity contribution < 1.29 is 14.3 Å². The number of benzene rings is 2. The van der Waals surface area contributed by atoms with Crippen LogP contribution < -0.4 is 15.6 Å². The zero-order chi connectivity index (χ0) is 24.9. The van der Waals surface area contributed by atoms with Crippen molar-refractivity contribution in [2.75, 3.05) is 26.0 Å². The van der Waals surface area contributed by atoms with Gasteiger partial charge in [0.15, 0.2) is 0 Å². The van der Waals surface area contributed by atoms with E-state index in [2.05, 4.69) is 31.1 Å². The van der Waals surface area contributed by atoms with Crippen molar-refractivity contribution in [1.82, 2.24) is 9.88 Å². The minimum absolute atomic E-state index is 0.0129. The molecular formula is C27H31N3O4. The van der Waals surface area contributed by atoms with Crippen molar-refractivity contribution in [2.24, 2.45) is 0 Å². The van der Waals surface area contributed by atoms with Gasteiger partial charge in [0, 0.05) is 31.5 Å². The SMILES string of the molecule is COc1ccc(C(CN(C)C(=O)c2ccc(=O)[nH]c2)C(=O)Nc2ccc(C(C)(C)C)cc2)cc1. The Morgan fingerprint density at radius 1 is 1.00 bits per heavy atom. The van der Waals surface area contributed by atoms with Crippen LogP contribution in [0.15, 0.2) is 71.7 Å². The molecule has 3 aromatic rings. The van der Waals surface area contributed by atoms with Crippen LogP contribution in [-0.4, -0.2) is 42.4 Å². The average molecular weight is 462 g/mol. The molecule has 2 N–H and O–H groups in total. The van der Waals surface area contributed by atoms with Crippen molar-refractivity contribution in [2.45, 2.75) is 32.1 Å². The number of amides is 2. The number of anilines is 1. The van der Waals surface area contributed by atoms with Crippen LogP contribution in [0.5, 0.6) is 5.75 Å². The molecule has 2 amide bonds. The molecule has 0 saturated carbocycles. The van der Waals surface area contributed by atoms with E-state index in [1.807, 2.05) is 36.4 Å². The molecule has 3 rings (SSSR count). The number of methoxy groups -OCH3 is 1. The van der Waals surface area contributed by atoms with E-state index >= 15 is 0 Å². The number of nitrogens with one attached hydrogen (secondary N) is 2. The normalized spacial score (nSPS) is 12.0. The van der Waals surface area contributed by atoms with E-state index in [0.29, 0.717) is 17.0 Å². The lowest BCUT2D eigenvalue weighted by molar-refractivity contribution is -0.117. The summed E-state index contributed by atoms with van der Waals surface area (Å²) < 4.78 is 5.24. The van der Waals surface area contributed by atoms with Crippen LogP contribution in [0.25, 0.3) is 0 Å². The number of likely N-dealkylation sites (N-methyl/N-ethyl adjacent to an activating group) is 1. The average Bonchev–Trinajstić information content (AvgIpc) is 2.82. The van der Waals surface area contributed by atoms with Gasteiger partial charge in [-0.15, -0.1) is 0 Å². The molecule has 0 spiro atoms. The Bertz CT molecular complexity index is 1170. The molecular weight excluding hydrogens is 430 g/mol. The molecule has 2 aromatic carbocycles. The minimum Gasteiger partial charge on any atom is -0.497 e. The Labute approximate surface area is 199 Å². The van der Waals surface area contributed by atoms with Gasteiger partial charge in [-0.2, -0.15) is 0 Å². The summed E-state index contributed by atoms with van der Waals surface area (Å²) in [5, 5.41) is 2.98. The minimum atomic E-state index is -0.620. The van der Waals surface area contributed by atoms with Gasteiger partial charge in [0.1, 0.15) is 5.75 Å². The van der Waals surface area contributed by atoms with Crippen LogP contribution >= 0.6 is 0 Å². The second kappa shape index (κ2) is 10.4. The van der Waals surface area contributed by atoms with Gasteiger partial charge < -0.3 is 19.9 Å². The zero-order valence-electron chi connectivity index (χ0n) is 20.2. The van der Waals surface area contributed by atoms with Crippen LogP contribution in [0.4, 0.5) is 5.69 Å². The maximum Gasteiger partial charge on any atom is 0.255 e. The number of H-pyrrole nitrogens is 1. The van der Waals surface area contributed by atoms with Crippen molar-refractivity contribution in [1.29, 1.82) is 0 Å². The molecule has 0 radical (unpaired) electrons. The van der Waals surface area contributed by atoms with Crippen LogP contribution in [0.2, 0.25) is 0 Å². The van der Waals surface area contributed by atoms with E-state index in [9.17, 15) is 14.4 Å². The number of ether oxygens (including phenoxy) is 1. The van der Waals surface area contributed by atoms with E-state index in [0.717, 1.165) is 5.56 Å². The highest BCUT2D eigenvalue weighted by Crippen LogP contribution is 2.26. The first-order chi connectivity index (χ1) is 16.1. The second-order valence-electron chi connectivity index (χ2n) is 9.27. The van der Waals surface area contributed by atoms with Crippen molar-refractivity contribution in [3.05, 3.63) is 93.9 Å². The summed E-state index contributed by atoms with van der Waals surface area (Å²) in [6.45, 7) is 6.55. The Kier molecular flexibility index (Phi) is 7.56. The molecule has 1 aromatic heterocycles. The number of aromatic amines is 1. The number of hydrogen-bond acceptors (Lipinski definition) is 4.